The van der Waals surface area contributed by atoms with Gasteiger partial charge in [0.1, 0.15) is 28.7 Å². The zero-order valence-corrected chi connectivity index (χ0v) is 35.4. The fourth-order valence-corrected chi connectivity index (χ4v) is 6.97. The number of carbonyl (C=O) groups excluding carboxylic acids is 4. The van der Waals surface area contributed by atoms with E-state index in [-0.39, 0.29) is 37.2 Å². The molecule has 0 unspecified atom stereocenters. The predicted molar refractivity (Wildman–Crippen MR) is 237 cm³/mol. The van der Waals surface area contributed by atoms with E-state index in [1.807, 2.05) is 42.5 Å². The smallest absolute Gasteiger partial charge is 0.354 e. The highest BCUT2D eigenvalue weighted by molar-refractivity contribution is 9.10. The maximum absolute atomic E-state index is 13.2. The number of aliphatic imine (C=N–C) groups is 2. The number of hydrogen-bond donors (Lipinski definition) is 3. The molecular weight excluding hydrogens is 923 g/mol. The number of aromatic nitrogens is 3. The van der Waals surface area contributed by atoms with E-state index in [9.17, 15) is 24.0 Å². The number of para-hydroxylation sites is 1. The number of nitrogens with two attached hydrogens (primary N) is 1. The molecule has 3 aliphatic rings. The molecule has 60 heavy (non-hydrogen) atoms. The molecule has 0 spiro atoms. The van der Waals surface area contributed by atoms with E-state index >= 15 is 0 Å². The van der Waals surface area contributed by atoms with Crippen molar-refractivity contribution in [2.24, 2.45) is 15.7 Å². The average Bonchev–Trinajstić information content (AvgIpc) is 3.94. The van der Waals surface area contributed by atoms with Crippen molar-refractivity contribution in [3.05, 3.63) is 124 Å². The molecule has 4 N–H and O–H groups in total. The van der Waals surface area contributed by atoms with Crippen LogP contribution in [0.5, 0.6) is 0 Å². The summed E-state index contributed by atoms with van der Waals surface area (Å²) in [6.07, 6.45) is 2.24. The Morgan fingerprint density at radius 2 is 1.43 bits per heavy atom. The lowest BCUT2D eigenvalue weighted by atomic mass is 10.0. The minimum absolute atomic E-state index is 0. The Kier molecular flexibility index (Phi) is 17.6. The minimum Gasteiger partial charge on any atom is -0.477 e. The van der Waals surface area contributed by atoms with E-state index in [1.165, 1.54) is 4.68 Å². The standard InChI is InChI=1S/C21H21BrN6O3.C9H6ClNO.C9H7NO2.CH4.Cl2OS/c22-16-9-5-10-17(24-16)25-21(31)15-8-3-4-11-27(15)18(29)12-28-14-7-2-1-6-13(14)19(26-28)20(23)30;10-9(12)8-7-4-2-1-3-6(7)5-11-8;11-9(12)8-7-4-2-1-3-6(7)5-10-8;;1-4(2)3/h1-2,5-7,9-10,15H,3-4,8,11-12H2,(H2,23,30)(H,24,25,31);1-4H,5H2;1-4H,5H2,(H,11,12);1H4;/t15-;;;;/m0..../s1. The lowest BCUT2D eigenvalue weighted by Crippen LogP contribution is -2.51. The maximum atomic E-state index is 13.2. The highest BCUT2D eigenvalue weighted by Crippen LogP contribution is 2.23. The molecule has 5 heterocycles. The summed E-state index contributed by atoms with van der Waals surface area (Å²) in [5, 5.41) is 15.9. The highest BCUT2D eigenvalue weighted by atomic mass is 79.9. The number of piperidine rings is 1. The molecule has 3 amide bonds. The van der Waals surface area contributed by atoms with E-state index in [4.69, 9.17) is 26.7 Å². The zero-order chi connectivity index (χ0) is 42.6. The van der Waals surface area contributed by atoms with Gasteiger partial charge in [-0.15, -0.1) is 0 Å². The Morgan fingerprint density at radius 1 is 0.850 bits per heavy atom. The van der Waals surface area contributed by atoms with Crippen molar-refractivity contribution in [1.29, 1.82) is 0 Å². The summed E-state index contributed by atoms with van der Waals surface area (Å²) < 4.78 is 11.2. The number of carbonyl (C=O) groups is 5. The molecule has 1 saturated heterocycles. The summed E-state index contributed by atoms with van der Waals surface area (Å²) in [4.78, 5) is 73.0. The first-order valence-electron chi connectivity index (χ1n) is 17.7. The summed E-state index contributed by atoms with van der Waals surface area (Å²) in [6, 6.07) is 26.7. The molecule has 2 aromatic heterocycles. The quantitative estimate of drug-likeness (QED) is 0.115. The van der Waals surface area contributed by atoms with Crippen LogP contribution in [0.2, 0.25) is 0 Å². The van der Waals surface area contributed by atoms with Gasteiger partial charge in [0.15, 0.2) is 11.4 Å². The Hall–Kier alpha value is -5.33. The number of rotatable bonds is 7. The van der Waals surface area contributed by atoms with E-state index in [0.29, 0.717) is 53.1 Å². The number of nitrogens with one attached hydrogen (secondary N) is 1. The number of halogens is 4. The van der Waals surface area contributed by atoms with Crippen LogP contribution in [0.1, 0.15) is 59.4 Å². The predicted octanol–water partition coefficient (Wildman–Crippen LogP) is 6.82. The van der Waals surface area contributed by atoms with Crippen molar-refractivity contribution < 1.29 is 33.3 Å². The third-order valence-electron chi connectivity index (χ3n) is 9.02. The summed E-state index contributed by atoms with van der Waals surface area (Å²) in [6.45, 7) is 1.46. The number of carboxylic acids is 1. The van der Waals surface area contributed by atoms with Crippen LogP contribution in [0.3, 0.4) is 0 Å². The van der Waals surface area contributed by atoms with Crippen LogP contribution in [0.15, 0.2) is 106 Å². The minimum atomic E-state index is -1.67. The van der Waals surface area contributed by atoms with Crippen molar-refractivity contribution in [2.45, 2.75) is 52.4 Å². The molecule has 8 rings (SSSR count). The second-order valence-corrected chi connectivity index (χ2v) is 16.4. The third-order valence-corrected chi connectivity index (χ3v) is 9.64. The van der Waals surface area contributed by atoms with Gasteiger partial charge in [-0.2, -0.15) is 5.10 Å². The number of primary amides is 1. The topological polar surface area (TPSA) is 219 Å². The summed E-state index contributed by atoms with van der Waals surface area (Å²) >= 11 is 8.62. The maximum Gasteiger partial charge on any atom is 0.354 e. The van der Waals surface area contributed by atoms with Gasteiger partial charge in [0, 0.05) is 44.4 Å². The fourth-order valence-electron chi connectivity index (χ4n) is 6.47. The van der Waals surface area contributed by atoms with Crippen molar-refractivity contribution in [2.75, 3.05) is 11.9 Å². The van der Waals surface area contributed by atoms with Crippen LogP contribution < -0.4 is 11.1 Å². The Balaban J connectivity index is 0.000000223. The number of carboxylic acid groups (broad SMARTS) is 1. The number of likely N-dealkylation sites (tertiary alicyclic amines) is 1. The zero-order valence-electron chi connectivity index (χ0n) is 30.8. The lowest BCUT2D eigenvalue weighted by molar-refractivity contribution is -0.141. The van der Waals surface area contributed by atoms with Crippen molar-refractivity contribution in [3.8, 4) is 0 Å². The van der Waals surface area contributed by atoms with E-state index in [2.05, 4.69) is 62.7 Å². The monoisotopic (exact) mass is 958 g/mol. The van der Waals surface area contributed by atoms with Gasteiger partial charge in [-0.25, -0.2) is 14.0 Å². The van der Waals surface area contributed by atoms with Gasteiger partial charge in [-0.3, -0.25) is 33.8 Å². The number of anilines is 1. The van der Waals surface area contributed by atoms with E-state index in [0.717, 1.165) is 35.1 Å². The van der Waals surface area contributed by atoms with Crippen LogP contribution in [0.25, 0.3) is 10.9 Å². The van der Waals surface area contributed by atoms with Crippen LogP contribution >= 0.6 is 48.9 Å². The Morgan fingerprint density at radius 3 is 2.03 bits per heavy atom. The van der Waals surface area contributed by atoms with Gasteiger partial charge < -0.3 is 21.1 Å². The molecule has 0 radical (unpaired) electrons. The molecule has 20 heteroatoms. The molecule has 5 aromatic rings. The van der Waals surface area contributed by atoms with Crippen LogP contribution in [0, 0.1) is 0 Å². The molecule has 0 saturated carbocycles. The molecule has 0 aliphatic carbocycles. The number of hydrogen-bond acceptors (Lipinski definition) is 10. The highest BCUT2D eigenvalue weighted by Gasteiger charge is 2.33. The second kappa shape index (κ2) is 22.3. The molecule has 1 fully saturated rings. The Bertz CT molecular complexity index is 2420. The molecule has 0 bridgehead atoms. The van der Waals surface area contributed by atoms with Crippen molar-refractivity contribution >= 4 is 115 Å². The summed E-state index contributed by atoms with van der Waals surface area (Å²) in [5.74, 6) is -1.70. The van der Waals surface area contributed by atoms with Gasteiger partial charge in [-0.05, 0) is 76.1 Å². The summed E-state index contributed by atoms with van der Waals surface area (Å²) in [7, 11) is 7.36. The van der Waals surface area contributed by atoms with Gasteiger partial charge in [0.2, 0.25) is 21.0 Å². The summed E-state index contributed by atoms with van der Waals surface area (Å²) in [5.41, 5.74) is 10.5. The molecule has 314 valence electrons. The van der Waals surface area contributed by atoms with Crippen molar-refractivity contribution in [1.82, 2.24) is 19.7 Å². The third kappa shape index (κ3) is 12.4. The normalized spacial score (nSPS) is 14.6. The van der Waals surface area contributed by atoms with Gasteiger partial charge in [-0.1, -0.05) is 80.2 Å². The first-order chi connectivity index (χ1) is 28.2. The number of pyridine rings is 1. The number of nitrogens with zero attached hydrogens (tertiary/aromatic N) is 6. The van der Waals surface area contributed by atoms with Crippen LogP contribution in [0.4, 0.5) is 5.82 Å². The van der Waals surface area contributed by atoms with Gasteiger partial charge in [0.25, 0.3) is 11.1 Å². The molecule has 3 aliphatic heterocycles. The molecule has 3 aromatic carbocycles. The fraction of sp³-hybridized carbons (Fsp3) is 0.225. The number of aliphatic carboxylic acids is 1. The van der Waals surface area contributed by atoms with E-state index in [1.54, 1.807) is 53.4 Å². The van der Waals surface area contributed by atoms with Crippen molar-refractivity contribution in [3.63, 3.8) is 0 Å². The second-order valence-electron chi connectivity index (χ2n) is 12.7. The first kappa shape index (κ1) is 47.3. The SMILES string of the molecule is C.NC(=O)c1nn(CC(=O)N2CCCC[C@H]2C(=O)Nc2cccc(Br)n2)c2ccccc12.O=C(Cl)C1=NCc2ccccc21.O=C(O)C1=NCc2ccccc21.O=S(Cl)Cl. The average molecular weight is 961 g/mol. The van der Waals surface area contributed by atoms with Gasteiger partial charge in [0.05, 0.1) is 18.6 Å². The van der Waals surface area contributed by atoms with Gasteiger partial charge >= 0.3 is 5.97 Å². The van der Waals surface area contributed by atoms with Crippen LogP contribution in [-0.4, -0.2) is 81.9 Å². The van der Waals surface area contributed by atoms with Crippen LogP contribution in [-0.2, 0) is 48.0 Å². The number of amides is 3. The first-order valence-corrected chi connectivity index (χ1v) is 21.6. The number of benzene rings is 3. The van der Waals surface area contributed by atoms with E-state index < -0.39 is 32.4 Å². The molecule has 15 nitrogen and oxygen atoms in total. The lowest BCUT2D eigenvalue weighted by Gasteiger charge is -2.34. The Labute approximate surface area is 369 Å². The molecular formula is C40H38BrCl3N8O7S. The molecule has 1 atom stereocenters. The number of fused-ring (bicyclic) bond motifs is 3. The largest absolute Gasteiger partial charge is 0.477 e.